The van der Waals surface area contributed by atoms with Crippen molar-refractivity contribution in [2.45, 2.75) is 32.4 Å². The molecule has 21 heavy (non-hydrogen) atoms. The number of aliphatic imine (C=N–C) groups is 1. The minimum atomic E-state index is -3.24. The van der Waals surface area contributed by atoms with Gasteiger partial charge in [-0.15, -0.1) is 11.3 Å². The molecule has 6 nitrogen and oxygen atoms in total. The molecule has 3 N–H and O–H groups in total. The van der Waals surface area contributed by atoms with Crippen molar-refractivity contribution in [1.29, 1.82) is 0 Å². The summed E-state index contributed by atoms with van der Waals surface area (Å²) in [6, 6.07) is 4.21. The summed E-state index contributed by atoms with van der Waals surface area (Å²) in [5.41, 5.74) is -0.600. The lowest BCUT2D eigenvalue weighted by Gasteiger charge is -2.27. The fraction of sp³-hybridized carbons (Fsp3) is 0.615. The van der Waals surface area contributed by atoms with E-state index in [9.17, 15) is 8.42 Å². The van der Waals surface area contributed by atoms with E-state index in [1.165, 1.54) is 4.88 Å². The van der Waals surface area contributed by atoms with Crippen LogP contribution in [0.15, 0.2) is 22.5 Å². The Morgan fingerprint density at radius 1 is 1.48 bits per heavy atom. The quantitative estimate of drug-likeness (QED) is 0.542. The molecule has 0 amide bonds. The summed E-state index contributed by atoms with van der Waals surface area (Å²) in [6.45, 7) is 6.11. The van der Waals surface area contributed by atoms with Crippen molar-refractivity contribution in [3.63, 3.8) is 0 Å². The summed E-state index contributed by atoms with van der Waals surface area (Å²) < 4.78 is 25.2. The Morgan fingerprint density at radius 2 is 2.14 bits per heavy atom. The molecule has 1 rings (SSSR count). The summed E-state index contributed by atoms with van der Waals surface area (Å²) in [6.07, 6.45) is 1.15. The summed E-state index contributed by atoms with van der Waals surface area (Å²) in [5.74, 6) is 0.638. The molecule has 0 aliphatic heterocycles. The zero-order valence-electron chi connectivity index (χ0n) is 13.1. The fourth-order valence-electron chi connectivity index (χ4n) is 1.85. The minimum Gasteiger partial charge on any atom is -0.355 e. The Bertz CT molecular complexity index is 565. The lowest BCUT2D eigenvalue weighted by Crippen LogP contribution is -2.53. The number of nitrogens with one attached hydrogen (secondary N) is 3. The van der Waals surface area contributed by atoms with Gasteiger partial charge in [0, 0.05) is 24.0 Å². The fourth-order valence-corrected chi connectivity index (χ4v) is 3.66. The zero-order chi connectivity index (χ0) is 16.1. The number of thiophene rings is 1. The van der Waals surface area contributed by atoms with Crippen LogP contribution in [0.3, 0.4) is 0 Å². The van der Waals surface area contributed by atoms with Crippen LogP contribution in [0.2, 0.25) is 0 Å². The van der Waals surface area contributed by atoms with Gasteiger partial charge in [0.05, 0.1) is 12.3 Å². The second-order valence-corrected chi connectivity index (χ2v) is 8.29. The summed E-state index contributed by atoms with van der Waals surface area (Å²) in [5, 5.41) is 8.45. The first-order chi connectivity index (χ1) is 9.63. The van der Waals surface area contributed by atoms with Gasteiger partial charge in [0.2, 0.25) is 10.0 Å². The van der Waals surface area contributed by atoms with Crippen molar-refractivity contribution in [1.82, 2.24) is 15.4 Å². The number of guanidine groups is 1. The number of sulfonamides is 1. The molecule has 120 valence electrons. The van der Waals surface area contributed by atoms with Gasteiger partial charge in [0.25, 0.3) is 0 Å². The van der Waals surface area contributed by atoms with E-state index in [0.29, 0.717) is 12.5 Å². The van der Waals surface area contributed by atoms with E-state index in [4.69, 9.17) is 0 Å². The molecular weight excluding hydrogens is 308 g/mol. The van der Waals surface area contributed by atoms with Gasteiger partial charge in [0.15, 0.2) is 5.96 Å². The van der Waals surface area contributed by atoms with E-state index in [1.807, 2.05) is 25.3 Å². The van der Waals surface area contributed by atoms with Crippen LogP contribution in [0.1, 0.15) is 31.7 Å². The van der Waals surface area contributed by atoms with Crippen molar-refractivity contribution in [2.75, 3.05) is 19.8 Å². The van der Waals surface area contributed by atoms with Crippen LogP contribution in [-0.2, 0) is 10.0 Å². The molecule has 0 saturated carbocycles. The molecule has 1 heterocycles. The van der Waals surface area contributed by atoms with Gasteiger partial charge < -0.3 is 10.6 Å². The summed E-state index contributed by atoms with van der Waals surface area (Å²) in [4.78, 5) is 5.37. The van der Waals surface area contributed by atoms with Crippen LogP contribution < -0.4 is 15.4 Å². The first kappa shape index (κ1) is 17.9. The average Bonchev–Trinajstić information content (AvgIpc) is 2.84. The normalized spacial score (nSPS) is 14.8. The maximum atomic E-state index is 11.3. The third-order valence-corrected chi connectivity index (χ3v) is 4.68. The first-order valence-electron chi connectivity index (χ1n) is 6.62. The van der Waals surface area contributed by atoms with Crippen LogP contribution >= 0.6 is 11.3 Å². The molecule has 1 atom stereocenters. The Kier molecular flexibility index (Phi) is 6.18. The Morgan fingerprint density at radius 3 is 2.62 bits per heavy atom. The number of hydrogen-bond donors (Lipinski definition) is 3. The predicted octanol–water partition coefficient (Wildman–Crippen LogP) is 1.30. The SMILES string of the molecule is CN=C(NCC(C)(C)NS(C)(=O)=O)NC(C)c1cccs1. The minimum absolute atomic E-state index is 0.141. The molecule has 1 unspecified atom stereocenters. The number of nitrogens with zero attached hydrogens (tertiary/aromatic N) is 1. The smallest absolute Gasteiger partial charge is 0.209 e. The molecule has 0 aliphatic rings. The second kappa shape index (κ2) is 7.24. The monoisotopic (exact) mass is 332 g/mol. The van der Waals surface area contributed by atoms with Gasteiger partial charge in [-0.05, 0) is 32.2 Å². The third kappa shape index (κ3) is 6.92. The molecule has 0 bridgehead atoms. The van der Waals surface area contributed by atoms with Crippen LogP contribution in [0.4, 0.5) is 0 Å². The van der Waals surface area contributed by atoms with Crippen molar-refractivity contribution in [2.24, 2.45) is 4.99 Å². The highest BCUT2D eigenvalue weighted by atomic mass is 32.2. The lowest BCUT2D eigenvalue weighted by molar-refractivity contribution is 0.445. The molecule has 0 saturated heterocycles. The highest BCUT2D eigenvalue weighted by molar-refractivity contribution is 7.88. The maximum Gasteiger partial charge on any atom is 0.209 e. The standard InChI is InChI=1S/C13H24N4O2S2/c1-10(11-7-6-8-20-11)16-12(14-4)15-9-13(2,3)17-21(5,18)19/h6-8,10,17H,9H2,1-5H3,(H2,14,15,16). The molecule has 1 aromatic heterocycles. The van der Waals surface area contributed by atoms with E-state index in [2.05, 4.69) is 33.3 Å². The van der Waals surface area contributed by atoms with Gasteiger partial charge in [-0.1, -0.05) is 6.07 Å². The van der Waals surface area contributed by atoms with E-state index in [1.54, 1.807) is 18.4 Å². The van der Waals surface area contributed by atoms with E-state index < -0.39 is 15.6 Å². The van der Waals surface area contributed by atoms with Crippen molar-refractivity contribution < 1.29 is 8.42 Å². The van der Waals surface area contributed by atoms with Gasteiger partial charge in [-0.2, -0.15) is 0 Å². The zero-order valence-corrected chi connectivity index (χ0v) is 14.7. The maximum absolute atomic E-state index is 11.3. The Hall–Kier alpha value is -1.12. The van der Waals surface area contributed by atoms with E-state index >= 15 is 0 Å². The second-order valence-electron chi connectivity index (χ2n) is 5.57. The van der Waals surface area contributed by atoms with E-state index in [0.717, 1.165) is 6.26 Å². The Balaban J connectivity index is 2.55. The summed E-state index contributed by atoms with van der Waals surface area (Å²) in [7, 11) is -1.56. The largest absolute Gasteiger partial charge is 0.355 e. The molecule has 0 fully saturated rings. The third-order valence-electron chi connectivity index (χ3n) is 2.71. The van der Waals surface area contributed by atoms with Crippen LogP contribution in [0.5, 0.6) is 0 Å². The van der Waals surface area contributed by atoms with E-state index in [-0.39, 0.29) is 6.04 Å². The molecular formula is C13H24N4O2S2. The lowest BCUT2D eigenvalue weighted by atomic mass is 10.1. The topological polar surface area (TPSA) is 82.6 Å². The van der Waals surface area contributed by atoms with Crippen molar-refractivity contribution in [3.8, 4) is 0 Å². The molecule has 0 aliphatic carbocycles. The molecule has 0 radical (unpaired) electrons. The van der Waals surface area contributed by atoms with Gasteiger partial charge in [-0.3, -0.25) is 4.99 Å². The van der Waals surface area contributed by atoms with Gasteiger partial charge >= 0.3 is 0 Å². The number of hydrogen-bond acceptors (Lipinski definition) is 4. The van der Waals surface area contributed by atoms with Crippen LogP contribution in [0, 0.1) is 0 Å². The molecule has 1 aromatic rings. The summed E-state index contributed by atoms with van der Waals surface area (Å²) >= 11 is 1.68. The van der Waals surface area contributed by atoms with Crippen LogP contribution in [0.25, 0.3) is 0 Å². The first-order valence-corrected chi connectivity index (χ1v) is 9.39. The Labute approximate surface area is 131 Å². The molecule has 0 aromatic carbocycles. The van der Waals surface area contributed by atoms with Crippen molar-refractivity contribution >= 4 is 27.3 Å². The van der Waals surface area contributed by atoms with Gasteiger partial charge in [-0.25, -0.2) is 13.1 Å². The average molecular weight is 332 g/mol. The predicted molar refractivity (Wildman–Crippen MR) is 89.3 cm³/mol. The molecule has 8 heteroatoms. The van der Waals surface area contributed by atoms with Gasteiger partial charge in [0.1, 0.15) is 0 Å². The molecule has 0 spiro atoms. The number of rotatable bonds is 6. The van der Waals surface area contributed by atoms with Crippen molar-refractivity contribution in [3.05, 3.63) is 22.4 Å². The highest BCUT2D eigenvalue weighted by Gasteiger charge is 2.22. The highest BCUT2D eigenvalue weighted by Crippen LogP contribution is 2.17. The van der Waals surface area contributed by atoms with Crippen LogP contribution in [-0.4, -0.2) is 39.8 Å².